The van der Waals surface area contributed by atoms with E-state index in [9.17, 15) is 4.79 Å². The summed E-state index contributed by atoms with van der Waals surface area (Å²) < 4.78 is 6.89. The second kappa shape index (κ2) is 4.80. The third-order valence-electron chi connectivity index (χ3n) is 3.18. The summed E-state index contributed by atoms with van der Waals surface area (Å²) in [7, 11) is 1.61. The fraction of sp³-hybridized carbons (Fsp3) is 0.214. The van der Waals surface area contributed by atoms with Crippen LogP contribution in [0.25, 0.3) is 16.7 Å². The zero-order chi connectivity index (χ0) is 14.1. The third-order valence-corrected chi connectivity index (χ3v) is 3.18. The number of ether oxygens (including phenoxy) is 1. The van der Waals surface area contributed by atoms with Crippen molar-refractivity contribution in [3.63, 3.8) is 0 Å². The van der Waals surface area contributed by atoms with Crippen LogP contribution in [0.15, 0.2) is 35.4 Å². The van der Waals surface area contributed by atoms with Gasteiger partial charge in [-0.15, -0.1) is 0 Å². The highest BCUT2D eigenvalue weighted by molar-refractivity contribution is 5.78. The molecule has 0 atom stereocenters. The molecule has 0 fully saturated rings. The number of nitrogens with one attached hydrogen (secondary N) is 1. The molecular weight excluding hydrogens is 256 g/mol. The molecule has 0 saturated heterocycles. The summed E-state index contributed by atoms with van der Waals surface area (Å²) in [6, 6.07) is 7.49. The van der Waals surface area contributed by atoms with Crippen molar-refractivity contribution in [1.29, 1.82) is 0 Å². The van der Waals surface area contributed by atoms with E-state index in [-0.39, 0.29) is 5.56 Å². The van der Waals surface area contributed by atoms with Crippen LogP contribution in [-0.4, -0.2) is 26.9 Å². The fourth-order valence-electron chi connectivity index (χ4n) is 2.20. The van der Waals surface area contributed by atoms with Crippen molar-refractivity contribution in [2.24, 2.45) is 0 Å². The van der Waals surface area contributed by atoms with Gasteiger partial charge in [-0.25, -0.2) is 9.67 Å². The Balaban J connectivity index is 2.31. The second-order valence-electron chi connectivity index (χ2n) is 4.34. The molecule has 20 heavy (non-hydrogen) atoms. The quantitative estimate of drug-likeness (QED) is 0.786. The molecule has 1 N–H and O–H groups in total. The third kappa shape index (κ3) is 1.85. The molecule has 0 aliphatic heterocycles. The summed E-state index contributed by atoms with van der Waals surface area (Å²) in [5.41, 5.74) is 1.93. The number of aromatic amines is 1. The topological polar surface area (TPSA) is 72.8 Å². The lowest BCUT2D eigenvalue weighted by Gasteiger charge is -2.05. The van der Waals surface area contributed by atoms with Crippen LogP contribution >= 0.6 is 0 Å². The van der Waals surface area contributed by atoms with Crippen molar-refractivity contribution in [2.75, 3.05) is 7.11 Å². The normalized spacial score (nSPS) is 10.9. The Labute approximate surface area is 115 Å². The van der Waals surface area contributed by atoms with Crippen molar-refractivity contribution in [1.82, 2.24) is 19.7 Å². The van der Waals surface area contributed by atoms with Crippen LogP contribution in [0, 0.1) is 0 Å². The Bertz CT molecular complexity index is 819. The molecule has 0 unspecified atom stereocenters. The maximum atomic E-state index is 12.0. The molecule has 102 valence electrons. The highest BCUT2D eigenvalue weighted by Gasteiger charge is 2.15. The van der Waals surface area contributed by atoms with Crippen LogP contribution in [-0.2, 0) is 6.42 Å². The number of hydrogen-bond donors (Lipinski definition) is 1. The smallest absolute Gasteiger partial charge is 0.262 e. The Morgan fingerprint density at radius 3 is 3.00 bits per heavy atom. The van der Waals surface area contributed by atoms with Crippen LogP contribution in [0.2, 0.25) is 0 Å². The molecule has 6 heteroatoms. The number of fused-ring (bicyclic) bond motifs is 1. The summed E-state index contributed by atoms with van der Waals surface area (Å²) in [5, 5.41) is 5.03. The lowest BCUT2D eigenvalue weighted by Crippen LogP contribution is -2.07. The van der Waals surface area contributed by atoms with E-state index in [0.29, 0.717) is 17.5 Å². The van der Waals surface area contributed by atoms with E-state index in [1.807, 2.05) is 31.2 Å². The van der Waals surface area contributed by atoms with Gasteiger partial charge in [-0.2, -0.15) is 5.10 Å². The van der Waals surface area contributed by atoms with Crippen LogP contribution in [0.5, 0.6) is 5.75 Å². The number of hydrogen-bond acceptors (Lipinski definition) is 4. The van der Waals surface area contributed by atoms with Gasteiger partial charge in [-0.3, -0.25) is 4.79 Å². The average Bonchev–Trinajstić information content (AvgIpc) is 2.87. The van der Waals surface area contributed by atoms with E-state index in [4.69, 9.17) is 4.74 Å². The Kier molecular flexibility index (Phi) is 2.98. The molecule has 2 aromatic heterocycles. The minimum atomic E-state index is -0.166. The van der Waals surface area contributed by atoms with Crippen molar-refractivity contribution >= 4 is 11.0 Å². The molecule has 1 aromatic carbocycles. The monoisotopic (exact) mass is 270 g/mol. The highest BCUT2D eigenvalue weighted by atomic mass is 16.5. The van der Waals surface area contributed by atoms with E-state index in [1.54, 1.807) is 11.8 Å². The number of methoxy groups -OCH3 is 1. The Morgan fingerprint density at radius 1 is 1.40 bits per heavy atom. The van der Waals surface area contributed by atoms with Crippen molar-refractivity contribution in [3.05, 3.63) is 46.6 Å². The number of H-pyrrole nitrogens is 1. The Morgan fingerprint density at radius 2 is 2.25 bits per heavy atom. The van der Waals surface area contributed by atoms with Crippen molar-refractivity contribution in [3.8, 4) is 11.4 Å². The first-order chi connectivity index (χ1) is 9.74. The van der Waals surface area contributed by atoms with Gasteiger partial charge in [0, 0.05) is 6.07 Å². The van der Waals surface area contributed by atoms with Gasteiger partial charge in [0.05, 0.1) is 24.8 Å². The standard InChI is InChI=1S/C14H14N4O2/c1-3-11-12-13(15-8-16-14(12)19)18(17-11)9-5-4-6-10(7-9)20-2/h4-8H,3H2,1-2H3,(H,15,16,19). The largest absolute Gasteiger partial charge is 0.497 e. The molecule has 0 aliphatic rings. The first-order valence-electron chi connectivity index (χ1n) is 6.34. The number of rotatable bonds is 3. The van der Waals surface area contributed by atoms with Gasteiger partial charge in [0.1, 0.15) is 11.1 Å². The zero-order valence-electron chi connectivity index (χ0n) is 11.3. The van der Waals surface area contributed by atoms with Crippen molar-refractivity contribution < 1.29 is 4.74 Å². The predicted molar refractivity (Wildman–Crippen MR) is 75.4 cm³/mol. The minimum absolute atomic E-state index is 0.166. The molecular formula is C14H14N4O2. The van der Waals surface area contributed by atoms with Gasteiger partial charge < -0.3 is 9.72 Å². The summed E-state index contributed by atoms with van der Waals surface area (Å²) >= 11 is 0. The highest BCUT2D eigenvalue weighted by Crippen LogP contribution is 2.20. The minimum Gasteiger partial charge on any atom is -0.497 e. The van der Waals surface area contributed by atoms with Gasteiger partial charge in [0.2, 0.25) is 0 Å². The maximum Gasteiger partial charge on any atom is 0.262 e. The summed E-state index contributed by atoms with van der Waals surface area (Å²) in [6.07, 6.45) is 2.06. The lowest BCUT2D eigenvalue weighted by atomic mass is 10.2. The average molecular weight is 270 g/mol. The summed E-state index contributed by atoms with van der Waals surface area (Å²) in [6.45, 7) is 1.96. The van der Waals surface area contributed by atoms with Gasteiger partial charge in [0.15, 0.2) is 5.65 Å². The number of aromatic nitrogens is 4. The van der Waals surface area contributed by atoms with Gasteiger partial charge in [0.25, 0.3) is 5.56 Å². The molecule has 2 heterocycles. The number of nitrogens with zero attached hydrogens (tertiary/aromatic N) is 3. The number of aryl methyl sites for hydroxylation is 1. The van der Waals surface area contributed by atoms with Gasteiger partial charge >= 0.3 is 0 Å². The first kappa shape index (κ1) is 12.4. The van der Waals surface area contributed by atoms with E-state index < -0.39 is 0 Å². The first-order valence-corrected chi connectivity index (χ1v) is 6.34. The molecule has 0 bridgehead atoms. The Hall–Kier alpha value is -2.63. The zero-order valence-corrected chi connectivity index (χ0v) is 11.3. The molecule has 0 radical (unpaired) electrons. The summed E-state index contributed by atoms with van der Waals surface area (Å²) in [5.74, 6) is 0.731. The van der Waals surface area contributed by atoms with E-state index in [0.717, 1.165) is 17.1 Å². The molecule has 3 aromatic rings. The maximum absolute atomic E-state index is 12.0. The van der Waals surface area contributed by atoms with E-state index >= 15 is 0 Å². The molecule has 6 nitrogen and oxygen atoms in total. The van der Waals surface area contributed by atoms with E-state index in [1.165, 1.54) is 6.33 Å². The van der Waals surface area contributed by atoms with E-state index in [2.05, 4.69) is 15.1 Å². The second-order valence-corrected chi connectivity index (χ2v) is 4.34. The van der Waals surface area contributed by atoms with Crippen molar-refractivity contribution in [2.45, 2.75) is 13.3 Å². The molecule has 3 rings (SSSR count). The van der Waals surface area contributed by atoms with Crippen LogP contribution in [0.4, 0.5) is 0 Å². The molecule has 0 amide bonds. The van der Waals surface area contributed by atoms with Gasteiger partial charge in [-0.05, 0) is 18.6 Å². The van der Waals surface area contributed by atoms with Crippen LogP contribution in [0.1, 0.15) is 12.6 Å². The van der Waals surface area contributed by atoms with Crippen LogP contribution < -0.4 is 10.3 Å². The number of benzene rings is 1. The van der Waals surface area contributed by atoms with Gasteiger partial charge in [-0.1, -0.05) is 13.0 Å². The molecule has 0 aliphatic carbocycles. The SMILES string of the molecule is CCc1nn(-c2cccc(OC)c2)c2nc[nH]c(=O)c12. The molecule has 0 spiro atoms. The molecule has 0 saturated carbocycles. The van der Waals surface area contributed by atoms with Crippen LogP contribution in [0.3, 0.4) is 0 Å². The lowest BCUT2D eigenvalue weighted by molar-refractivity contribution is 0.414. The fourth-order valence-corrected chi connectivity index (χ4v) is 2.20. The summed E-state index contributed by atoms with van der Waals surface area (Å²) in [4.78, 5) is 18.8. The predicted octanol–water partition coefficient (Wildman–Crippen LogP) is 1.68.